The number of hydrogen-bond donors (Lipinski definition) is 2. The Hall–Kier alpha value is -1.07. The summed E-state index contributed by atoms with van der Waals surface area (Å²) in [5, 5.41) is 3.24. The maximum absolute atomic E-state index is 5.84. The number of hydrogen-bond acceptors (Lipinski definition) is 3. The van der Waals surface area contributed by atoms with E-state index in [-0.39, 0.29) is 0 Å². The van der Waals surface area contributed by atoms with Crippen LogP contribution >= 0.6 is 31.9 Å². The van der Waals surface area contributed by atoms with Crippen LogP contribution in [0.15, 0.2) is 45.6 Å². The summed E-state index contributed by atoms with van der Waals surface area (Å²) >= 11 is 6.82. The van der Waals surface area contributed by atoms with Crippen molar-refractivity contribution in [3.63, 3.8) is 0 Å². The van der Waals surface area contributed by atoms with Gasteiger partial charge in [-0.15, -0.1) is 0 Å². The molecule has 16 heavy (non-hydrogen) atoms. The number of nitrogens with zero attached hydrogens (tertiary/aromatic N) is 1. The van der Waals surface area contributed by atoms with E-state index >= 15 is 0 Å². The van der Waals surface area contributed by atoms with Crippen molar-refractivity contribution in [2.75, 3.05) is 11.1 Å². The van der Waals surface area contributed by atoms with Gasteiger partial charge >= 0.3 is 0 Å². The summed E-state index contributed by atoms with van der Waals surface area (Å²) < 4.78 is 1.86. The van der Waals surface area contributed by atoms with Crippen molar-refractivity contribution in [1.29, 1.82) is 0 Å². The van der Waals surface area contributed by atoms with E-state index in [2.05, 4.69) is 42.2 Å². The second-order valence-corrected chi connectivity index (χ2v) is 4.99. The average molecular weight is 343 g/mol. The summed E-state index contributed by atoms with van der Waals surface area (Å²) in [7, 11) is 0. The Kier molecular flexibility index (Phi) is 3.46. The number of anilines is 3. The third-order valence-electron chi connectivity index (χ3n) is 2.02. The third-order valence-corrected chi connectivity index (χ3v) is 3.12. The topological polar surface area (TPSA) is 50.9 Å². The Morgan fingerprint density at radius 2 is 2.00 bits per heavy atom. The van der Waals surface area contributed by atoms with E-state index in [4.69, 9.17) is 5.73 Å². The van der Waals surface area contributed by atoms with Crippen molar-refractivity contribution in [3.05, 3.63) is 45.6 Å². The number of pyridine rings is 1. The molecule has 0 atom stereocenters. The fourth-order valence-corrected chi connectivity index (χ4v) is 2.14. The lowest BCUT2D eigenvalue weighted by Crippen LogP contribution is -1.98. The maximum Gasteiger partial charge on any atom is 0.0794 e. The van der Waals surface area contributed by atoms with Gasteiger partial charge in [0, 0.05) is 16.4 Å². The Balaban J connectivity index is 2.34. The Bertz CT molecular complexity index is 494. The second-order valence-electron chi connectivity index (χ2n) is 3.22. The molecule has 0 spiro atoms. The van der Waals surface area contributed by atoms with Gasteiger partial charge in [0.25, 0.3) is 0 Å². The summed E-state index contributed by atoms with van der Waals surface area (Å²) in [6.07, 6.45) is 3.32. The molecule has 3 N–H and O–H groups in total. The third kappa shape index (κ3) is 2.54. The van der Waals surface area contributed by atoms with Crippen LogP contribution in [0.25, 0.3) is 0 Å². The van der Waals surface area contributed by atoms with Crippen LogP contribution in [0.1, 0.15) is 0 Å². The van der Waals surface area contributed by atoms with Crippen LogP contribution in [0.2, 0.25) is 0 Å². The highest BCUT2D eigenvalue weighted by Crippen LogP contribution is 2.30. The summed E-state index contributed by atoms with van der Waals surface area (Å²) in [4.78, 5) is 3.98. The van der Waals surface area contributed by atoms with Crippen molar-refractivity contribution in [1.82, 2.24) is 4.98 Å². The number of aromatic nitrogens is 1. The first-order chi connectivity index (χ1) is 7.66. The summed E-state index contributed by atoms with van der Waals surface area (Å²) in [5.41, 5.74) is 8.24. The first kappa shape index (κ1) is 11.4. The molecular weight excluding hydrogens is 334 g/mol. The van der Waals surface area contributed by atoms with Crippen molar-refractivity contribution in [3.8, 4) is 0 Å². The zero-order valence-electron chi connectivity index (χ0n) is 8.24. The average Bonchev–Trinajstić information content (AvgIpc) is 2.24. The number of nitrogens with two attached hydrogens (primary N) is 1. The van der Waals surface area contributed by atoms with E-state index < -0.39 is 0 Å². The zero-order chi connectivity index (χ0) is 11.5. The van der Waals surface area contributed by atoms with Gasteiger partial charge in [-0.2, -0.15) is 0 Å². The van der Waals surface area contributed by atoms with Gasteiger partial charge in [-0.3, -0.25) is 4.98 Å². The highest BCUT2D eigenvalue weighted by atomic mass is 79.9. The quantitative estimate of drug-likeness (QED) is 0.869. The predicted octanol–water partition coefficient (Wildman–Crippen LogP) is 3.93. The first-order valence-corrected chi connectivity index (χ1v) is 6.17. The molecule has 2 rings (SSSR count). The standard InChI is InChI=1S/C11H9Br2N3/c12-7-2-1-3-8(4-7)16-11-9(13)5-15-6-10(11)14/h1-6H,14H2,(H,15,16). The molecule has 0 aliphatic rings. The highest BCUT2D eigenvalue weighted by Gasteiger charge is 2.04. The van der Waals surface area contributed by atoms with E-state index in [1.807, 2.05) is 24.3 Å². The van der Waals surface area contributed by atoms with E-state index in [0.29, 0.717) is 5.69 Å². The van der Waals surface area contributed by atoms with Gasteiger partial charge in [0.1, 0.15) is 0 Å². The zero-order valence-corrected chi connectivity index (χ0v) is 11.4. The predicted molar refractivity (Wildman–Crippen MR) is 73.8 cm³/mol. The molecule has 0 aliphatic carbocycles. The van der Waals surface area contributed by atoms with Crippen molar-refractivity contribution < 1.29 is 0 Å². The maximum atomic E-state index is 5.84. The molecule has 0 bridgehead atoms. The van der Waals surface area contributed by atoms with Crippen LogP contribution in [0.5, 0.6) is 0 Å². The molecule has 5 heteroatoms. The van der Waals surface area contributed by atoms with Gasteiger partial charge < -0.3 is 11.1 Å². The summed E-state index contributed by atoms with van der Waals surface area (Å²) in [6.45, 7) is 0. The van der Waals surface area contributed by atoms with Crippen molar-refractivity contribution in [2.24, 2.45) is 0 Å². The normalized spacial score (nSPS) is 10.1. The molecule has 0 saturated carbocycles. The van der Waals surface area contributed by atoms with Crippen LogP contribution in [-0.2, 0) is 0 Å². The molecular formula is C11H9Br2N3. The lowest BCUT2D eigenvalue weighted by atomic mass is 10.3. The van der Waals surface area contributed by atoms with Gasteiger partial charge in [0.15, 0.2) is 0 Å². The van der Waals surface area contributed by atoms with E-state index in [1.54, 1.807) is 12.4 Å². The van der Waals surface area contributed by atoms with Gasteiger partial charge in [0.2, 0.25) is 0 Å². The molecule has 0 saturated heterocycles. The lowest BCUT2D eigenvalue weighted by Gasteiger charge is -2.10. The lowest BCUT2D eigenvalue weighted by molar-refractivity contribution is 1.31. The van der Waals surface area contributed by atoms with Gasteiger partial charge in [-0.05, 0) is 34.1 Å². The van der Waals surface area contributed by atoms with E-state index in [9.17, 15) is 0 Å². The molecule has 0 aliphatic heterocycles. The minimum Gasteiger partial charge on any atom is -0.396 e. The van der Waals surface area contributed by atoms with Gasteiger partial charge in [-0.1, -0.05) is 22.0 Å². The molecule has 0 fully saturated rings. The Labute approximate surface area is 110 Å². The summed E-state index contributed by atoms with van der Waals surface area (Å²) in [6, 6.07) is 7.87. The minimum absolute atomic E-state index is 0.606. The molecule has 2 aromatic rings. The summed E-state index contributed by atoms with van der Waals surface area (Å²) in [5.74, 6) is 0. The second kappa shape index (κ2) is 4.84. The van der Waals surface area contributed by atoms with Crippen LogP contribution in [-0.4, -0.2) is 4.98 Å². The molecule has 0 unspecified atom stereocenters. The van der Waals surface area contributed by atoms with Crippen LogP contribution in [0, 0.1) is 0 Å². The fraction of sp³-hybridized carbons (Fsp3) is 0. The highest BCUT2D eigenvalue weighted by molar-refractivity contribution is 9.10. The molecule has 1 heterocycles. The van der Waals surface area contributed by atoms with Crippen LogP contribution < -0.4 is 11.1 Å². The molecule has 3 nitrogen and oxygen atoms in total. The van der Waals surface area contributed by atoms with E-state index in [0.717, 1.165) is 20.3 Å². The molecule has 1 aromatic heterocycles. The van der Waals surface area contributed by atoms with Gasteiger partial charge in [-0.25, -0.2) is 0 Å². The minimum atomic E-state index is 0.606. The molecule has 0 amide bonds. The van der Waals surface area contributed by atoms with Crippen molar-refractivity contribution >= 4 is 48.9 Å². The SMILES string of the molecule is Nc1cncc(Br)c1Nc1cccc(Br)c1. The fourth-order valence-electron chi connectivity index (χ4n) is 1.29. The molecule has 0 radical (unpaired) electrons. The first-order valence-electron chi connectivity index (χ1n) is 4.58. The van der Waals surface area contributed by atoms with Crippen molar-refractivity contribution in [2.45, 2.75) is 0 Å². The number of nitrogen functional groups attached to an aromatic ring is 1. The Morgan fingerprint density at radius 1 is 1.19 bits per heavy atom. The largest absolute Gasteiger partial charge is 0.396 e. The monoisotopic (exact) mass is 341 g/mol. The van der Waals surface area contributed by atoms with E-state index in [1.165, 1.54) is 0 Å². The smallest absolute Gasteiger partial charge is 0.0794 e. The van der Waals surface area contributed by atoms with Gasteiger partial charge in [0.05, 0.1) is 22.0 Å². The van der Waals surface area contributed by atoms with Crippen LogP contribution in [0.3, 0.4) is 0 Å². The number of rotatable bonds is 2. The number of benzene rings is 1. The molecule has 1 aromatic carbocycles. The Morgan fingerprint density at radius 3 is 2.69 bits per heavy atom. The van der Waals surface area contributed by atoms with Crippen LogP contribution in [0.4, 0.5) is 17.1 Å². The number of halogens is 2. The number of nitrogens with one attached hydrogen (secondary N) is 1. The molecule has 82 valence electrons.